The van der Waals surface area contributed by atoms with Crippen LogP contribution in [0.15, 0.2) is 45.3 Å². The van der Waals surface area contributed by atoms with Crippen LogP contribution in [0.5, 0.6) is 0 Å². The molecule has 2 N–H and O–H groups in total. The molecule has 1 atom stereocenters. The number of hydrogen-bond donors (Lipinski definition) is 1. The third-order valence-electron chi connectivity index (χ3n) is 3.25. The highest BCUT2D eigenvalue weighted by molar-refractivity contribution is 9.10. The Morgan fingerprint density at radius 3 is 2.74 bits per heavy atom. The summed E-state index contributed by atoms with van der Waals surface area (Å²) in [7, 11) is 0. The lowest BCUT2D eigenvalue weighted by molar-refractivity contribution is 0.529. The van der Waals surface area contributed by atoms with Gasteiger partial charge in [0.2, 0.25) is 0 Å². The van der Waals surface area contributed by atoms with Gasteiger partial charge in [-0.05, 0) is 31.2 Å². The van der Waals surface area contributed by atoms with Gasteiger partial charge in [0.15, 0.2) is 5.96 Å². The first-order valence-corrected chi connectivity index (χ1v) is 7.54. The van der Waals surface area contributed by atoms with Crippen LogP contribution < -0.4 is 10.6 Å². The molecule has 6 heteroatoms. The SMILES string of the molecule is CC1(c2nccs2)CN=C(N)N1c1ccc(Br)cc1. The molecule has 0 aliphatic carbocycles. The fourth-order valence-electron chi connectivity index (χ4n) is 2.29. The van der Waals surface area contributed by atoms with Crippen LogP contribution in [0, 0.1) is 0 Å². The highest BCUT2D eigenvalue weighted by Crippen LogP contribution is 2.37. The maximum absolute atomic E-state index is 6.07. The molecular formula is C13H13BrN4S. The van der Waals surface area contributed by atoms with Gasteiger partial charge in [0.05, 0.1) is 6.54 Å². The molecule has 1 aliphatic rings. The molecule has 19 heavy (non-hydrogen) atoms. The molecule has 2 aromatic rings. The minimum Gasteiger partial charge on any atom is -0.369 e. The molecule has 2 heterocycles. The van der Waals surface area contributed by atoms with Crippen molar-refractivity contribution in [1.82, 2.24) is 4.98 Å². The maximum Gasteiger partial charge on any atom is 0.196 e. The lowest BCUT2D eigenvalue weighted by Crippen LogP contribution is -2.47. The number of halogens is 1. The van der Waals surface area contributed by atoms with Gasteiger partial charge in [-0.1, -0.05) is 15.9 Å². The van der Waals surface area contributed by atoms with Crippen molar-refractivity contribution in [3.63, 3.8) is 0 Å². The van der Waals surface area contributed by atoms with Crippen LogP contribution in [-0.2, 0) is 5.54 Å². The number of rotatable bonds is 2. The Balaban J connectivity index is 2.06. The van der Waals surface area contributed by atoms with E-state index in [0.717, 1.165) is 15.2 Å². The van der Waals surface area contributed by atoms with E-state index in [1.165, 1.54) is 0 Å². The van der Waals surface area contributed by atoms with Crippen molar-refractivity contribution in [2.24, 2.45) is 10.7 Å². The molecule has 98 valence electrons. The molecule has 0 saturated carbocycles. The molecule has 1 aromatic carbocycles. The number of aliphatic imine (C=N–C) groups is 1. The monoisotopic (exact) mass is 336 g/mol. The normalized spacial score (nSPS) is 22.6. The second-order valence-electron chi connectivity index (χ2n) is 4.60. The van der Waals surface area contributed by atoms with E-state index in [9.17, 15) is 0 Å². The Bertz CT molecular complexity index is 608. The van der Waals surface area contributed by atoms with E-state index in [2.05, 4.69) is 37.7 Å². The van der Waals surface area contributed by atoms with Crippen molar-refractivity contribution < 1.29 is 0 Å². The highest BCUT2D eigenvalue weighted by Gasteiger charge is 2.42. The molecule has 0 bridgehead atoms. The zero-order chi connectivity index (χ0) is 13.5. The number of anilines is 1. The fraction of sp³-hybridized carbons (Fsp3) is 0.231. The van der Waals surface area contributed by atoms with E-state index >= 15 is 0 Å². The first-order chi connectivity index (χ1) is 9.11. The molecule has 0 fully saturated rings. The second-order valence-corrected chi connectivity index (χ2v) is 6.41. The number of thiazole rings is 1. The molecule has 0 amide bonds. The molecule has 3 rings (SSSR count). The van der Waals surface area contributed by atoms with Crippen LogP contribution >= 0.6 is 27.3 Å². The van der Waals surface area contributed by atoms with Crippen LogP contribution in [0.25, 0.3) is 0 Å². The van der Waals surface area contributed by atoms with E-state index < -0.39 is 0 Å². The third kappa shape index (κ3) is 2.04. The Labute approximate surface area is 124 Å². The van der Waals surface area contributed by atoms with Gasteiger partial charge in [-0.15, -0.1) is 11.3 Å². The van der Waals surface area contributed by atoms with Crippen LogP contribution in [0.4, 0.5) is 5.69 Å². The lowest BCUT2D eigenvalue weighted by Gasteiger charge is -2.34. The van der Waals surface area contributed by atoms with Gasteiger partial charge in [-0.2, -0.15) is 0 Å². The topological polar surface area (TPSA) is 54.5 Å². The van der Waals surface area contributed by atoms with Gasteiger partial charge >= 0.3 is 0 Å². The van der Waals surface area contributed by atoms with Crippen molar-refractivity contribution in [3.05, 3.63) is 45.3 Å². The van der Waals surface area contributed by atoms with E-state index in [1.54, 1.807) is 11.3 Å². The highest BCUT2D eigenvalue weighted by atomic mass is 79.9. The number of nitrogens with two attached hydrogens (primary N) is 1. The average Bonchev–Trinajstić information content (AvgIpc) is 3.01. The minimum atomic E-state index is -0.300. The standard InChI is InChI=1S/C13H13BrN4S/c1-13(11-16-6-7-19-11)8-17-12(15)18(13)10-4-2-9(14)3-5-10/h2-7H,8H2,1H3,(H2,15,17). The molecule has 1 unspecified atom stereocenters. The van der Waals surface area contributed by atoms with E-state index in [-0.39, 0.29) is 5.54 Å². The van der Waals surface area contributed by atoms with Gasteiger partial charge in [-0.3, -0.25) is 9.89 Å². The van der Waals surface area contributed by atoms with Gasteiger partial charge in [0.25, 0.3) is 0 Å². The maximum atomic E-state index is 6.07. The molecule has 0 saturated heterocycles. The van der Waals surface area contributed by atoms with Crippen molar-refractivity contribution in [2.45, 2.75) is 12.5 Å². The Morgan fingerprint density at radius 1 is 1.37 bits per heavy atom. The van der Waals surface area contributed by atoms with Gasteiger partial charge in [0.1, 0.15) is 10.5 Å². The van der Waals surface area contributed by atoms with Crippen molar-refractivity contribution >= 4 is 38.9 Å². The Morgan fingerprint density at radius 2 is 2.11 bits per heavy atom. The lowest BCUT2D eigenvalue weighted by atomic mass is 10.0. The second kappa shape index (κ2) is 4.61. The number of benzene rings is 1. The summed E-state index contributed by atoms with van der Waals surface area (Å²) in [5.41, 5.74) is 6.80. The number of guanidine groups is 1. The van der Waals surface area contributed by atoms with E-state index in [0.29, 0.717) is 12.5 Å². The number of hydrogen-bond acceptors (Lipinski definition) is 5. The molecule has 0 radical (unpaired) electrons. The quantitative estimate of drug-likeness (QED) is 0.917. The first kappa shape index (κ1) is 12.6. The summed E-state index contributed by atoms with van der Waals surface area (Å²) in [5, 5.41) is 3.01. The summed E-state index contributed by atoms with van der Waals surface area (Å²) in [4.78, 5) is 10.9. The number of nitrogens with zero attached hydrogens (tertiary/aromatic N) is 3. The first-order valence-electron chi connectivity index (χ1n) is 5.87. The van der Waals surface area contributed by atoms with Crippen molar-refractivity contribution in [1.29, 1.82) is 0 Å². The van der Waals surface area contributed by atoms with Crippen molar-refractivity contribution in [3.8, 4) is 0 Å². The predicted molar refractivity (Wildman–Crippen MR) is 82.6 cm³/mol. The summed E-state index contributed by atoms with van der Waals surface area (Å²) in [6.45, 7) is 2.75. The summed E-state index contributed by atoms with van der Waals surface area (Å²) >= 11 is 5.08. The van der Waals surface area contributed by atoms with E-state index in [1.807, 2.05) is 35.8 Å². The van der Waals surface area contributed by atoms with Gasteiger partial charge < -0.3 is 5.73 Å². The molecule has 1 aliphatic heterocycles. The summed E-state index contributed by atoms with van der Waals surface area (Å²) in [6.07, 6.45) is 1.82. The fourth-order valence-corrected chi connectivity index (χ4v) is 3.34. The number of aromatic nitrogens is 1. The van der Waals surface area contributed by atoms with Crippen LogP contribution in [0.3, 0.4) is 0 Å². The Kier molecular flexibility index (Phi) is 3.06. The summed E-state index contributed by atoms with van der Waals surface area (Å²) < 4.78 is 1.04. The molecule has 0 spiro atoms. The predicted octanol–water partition coefficient (Wildman–Crippen LogP) is 2.96. The smallest absolute Gasteiger partial charge is 0.196 e. The van der Waals surface area contributed by atoms with Crippen molar-refractivity contribution in [2.75, 3.05) is 11.4 Å². The average molecular weight is 337 g/mol. The third-order valence-corrected chi connectivity index (χ3v) is 4.80. The van der Waals surface area contributed by atoms with Crippen LogP contribution in [0.1, 0.15) is 11.9 Å². The molecule has 4 nitrogen and oxygen atoms in total. The molecular weight excluding hydrogens is 324 g/mol. The van der Waals surface area contributed by atoms with E-state index in [4.69, 9.17) is 5.73 Å². The van der Waals surface area contributed by atoms with Gasteiger partial charge in [-0.25, -0.2) is 4.98 Å². The van der Waals surface area contributed by atoms with Crippen LogP contribution in [-0.4, -0.2) is 17.5 Å². The van der Waals surface area contributed by atoms with Crippen LogP contribution in [0.2, 0.25) is 0 Å². The zero-order valence-corrected chi connectivity index (χ0v) is 12.8. The largest absolute Gasteiger partial charge is 0.369 e. The summed E-state index contributed by atoms with van der Waals surface area (Å²) in [5.74, 6) is 0.542. The molecule has 1 aromatic heterocycles. The summed E-state index contributed by atoms with van der Waals surface area (Å²) in [6, 6.07) is 8.07. The zero-order valence-electron chi connectivity index (χ0n) is 10.4. The van der Waals surface area contributed by atoms with Gasteiger partial charge in [0, 0.05) is 21.7 Å². The Hall–Kier alpha value is -1.40. The minimum absolute atomic E-state index is 0.300.